The van der Waals surface area contributed by atoms with Crippen LogP contribution < -0.4 is 4.72 Å². The Hall–Kier alpha value is -3.34. The zero-order chi connectivity index (χ0) is 18.9. The zero-order valence-electron chi connectivity index (χ0n) is 13.8. The fraction of sp³-hybridized carbons (Fsp3) is 0.133. The van der Waals surface area contributed by atoms with Crippen LogP contribution in [0.1, 0.15) is 11.4 Å². The molecule has 0 atom stereocenters. The van der Waals surface area contributed by atoms with Crippen molar-refractivity contribution in [2.24, 2.45) is 0 Å². The molecule has 1 N–H and O–H groups in total. The molecule has 0 unspecified atom stereocenters. The molecule has 10 nitrogen and oxygen atoms in total. The quantitative estimate of drug-likeness (QED) is 0.533. The number of aromatic nitrogens is 4. The summed E-state index contributed by atoms with van der Waals surface area (Å²) in [6.07, 6.45) is 1.22. The summed E-state index contributed by atoms with van der Waals surface area (Å²) in [6, 6.07) is 7.87. The standard InChI is InChI=1S/C15H14N6O4S/c1-10-7-11(2)20(18-10)15-8-14(16-9-17-15)19-26(24,25)13-5-3-12(4-6-13)21(22)23/h3-9H,1-2H3,(H,16,17,19). The highest BCUT2D eigenvalue weighted by atomic mass is 32.2. The zero-order valence-corrected chi connectivity index (χ0v) is 14.6. The SMILES string of the molecule is Cc1cc(C)n(-c2cc(NS(=O)(=O)c3ccc([N+](=O)[O-])cc3)ncn2)n1. The van der Waals surface area contributed by atoms with E-state index in [9.17, 15) is 18.5 Å². The summed E-state index contributed by atoms with van der Waals surface area (Å²) in [5.41, 5.74) is 1.44. The Morgan fingerprint density at radius 1 is 1.12 bits per heavy atom. The smallest absolute Gasteiger partial charge is 0.263 e. The number of nitrogens with zero attached hydrogens (tertiary/aromatic N) is 5. The summed E-state index contributed by atoms with van der Waals surface area (Å²) >= 11 is 0. The lowest BCUT2D eigenvalue weighted by molar-refractivity contribution is -0.384. The molecule has 0 radical (unpaired) electrons. The van der Waals surface area contributed by atoms with Crippen LogP contribution in [0.4, 0.5) is 11.5 Å². The van der Waals surface area contributed by atoms with Crippen molar-refractivity contribution in [3.8, 4) is 5.82 Å². The van der Waals surface area contributed by atoms with Crippen LogP contribution in [0.15, 0.2) is 47.6 Å². The Kier molecular flexibility index (Phi) is 4.38. The number of nitrogens with one attached hydrogen (secondary N) is 1. The van der Waals surface area contributed by atoms with E-state index in [1.54, 1.807) is 4.68 Å². The molecule has 134 valence electrons. The highest BCUT2D eigenvalue weighted by Crippen LogP contribution is 2.19. The number of rotatable bonds is 5. The van der Waals surface area contributed by atoms with E-state index in [2.05, 4.69) is 19.8 Å². The summed E-state index contributed by atoms with van der Waals surface area (Å²) in [5, 5.41) is 15.0. The topological polar surface area (TPSA) is 133 Å². The molecule has 2 aromatic heterocycles. The van der Waals surface area contributed by atoms with Gasteiger partial charge in [-0.05, 0) is 32.0 Å². The molecule has 0 aliphatic heterocycles. The van der Waals surface area contributed by atoms with Crippen molar-refractivity contribution in [2.75, 3.05) is 4.72 Å². The van der Waals surface area contributed by atoms with Crippen molar-refractivity contribution in [1.82, 2.24) is 19.7 Å². The Morgan fingerprint density at radius 3 is 2.38 bits per heavy atom. The second-order valence-corrected chi connectivity index (χ2v) is 7.14. The minimum Gasteiger partial charge on any atom is -0.263 e. The molecule has 26 heavy (non-hydrogen) atoms. The Bertz CT molecular complexity index is 1080. The first-order valence-corrected chi connectivity index (χ1v) is 8.87. The van der Waals surface area contributed by atoms with Gasteiger partial charge in [-0.15, -0.1) is 0 Å². The van der Waals surface area contributed by atoms with E-state index >= 15 is 0 Å². The van der Waals surface area contributed by atoms with Crippen molar-refractivity contribution in [3.63, 3.8) is 0 Å². The first kappa shape index (κ1) is 17.5. The molecule has 0 aliphatic rings. The van der Waals surface area contributed by atoms with Crippen LogP contribution in [0.2, 0.25) is 0 Å². The maximum Gasteiger partial charge on any atom is 0.269 e. The van der Waals surface area contributed by atoms with E-state index in [1.165, 1.54) is 12.4 Å². The third-order valence-electron chi connectivity index (χ3n) is 3.48. The predicted octanol–water partition coefficient (Wildman–Crippen LogP) is 1.99. The van der Waals surface area contributed by atoms with E-state index in [1.807, 2.05) is 19.9 Å². The molecular weight excluding hydrogens is 360 g/mol. The summed E-state index contributed by atoms with van der Waals surface area (Å²) in [4.78, 5) is 18.0. The molecule has 0 saturated carbocycles. The van der Waals surface area contributed by atoms with Gasteiger partial charge >= 0.3 is 0 Å². The normalized spacial score (nSPS) is 11.3. The van der Waals surface area contributed by atoms with Crippen LogP contribution in [0.25, 0.3) is 5.82 Å². The maximum absolute atomic E-state index is 12.4. The van der Waals surface area contributed by atoms with Gasteiger partial charge in [0.2, 0.25) is 0 Å². The third kappa shape index (κ3) is 3.52. The van der Waals surface area contributed by atoms with Crippen LogP contribution >= 0.6 is 0 Å². The van der Waals surface area contributed by atoms with Crippen molar-refractivity contribution in [1.29, 1.82) is 0 Å². The highest BCUT2D eigenvalue weighted by Gasteiger charge is 2.17. The molecular formula is C15H14N6O4S. The fourth-order valence-electron chi connectivity index (χ4n) is 2.32. The summed E-state index contributed by atoms with van der Waals surface area (Å²) < 4.78 is 28.8. The number of aryl methyl sites for hydroxylation is 2. The lowest BCUT2D eigenvalue weighted by atomic mass is 10.3. The number of nitro benzene ring substituents is 1. The second kappa shape index (κ2) is 6.52. The van der Waals surface area contributed by atoms with Gasteiger partial charge in [0, 0.05) is 23.9 Å². The Balaban J connectivity index is 1.89. The Morgan fingerprint density at radius 2 is 1.81 bits per heavy atom. The largest absolute Gasteiger partial charge is 0.269 e. The number of hydrogen-bond donors (Lipinski definition) is 1. The van der Waals surface area contributed by atoms with Gasteiger partial charge in [-0.25, -0.2) is 23.1 Å². The molecule has 0 bridgehead atoms. The van der Waals surface area contributed by atoms with Gasteiger partial charge in [0.25, 0.3) is 15.7 Å². The van der Waals surface area contributed by atoms with Gasteiger partial charge in [0.05, 0.1) is 15.5 Å². The minimum atomic E-state index is -3.95. The molecule has 0 aliphatic carbocycles. The molecule has 0 saturated heterocycles. The van der Waals surface area contributed by atoms with Gasteiger partial charge in [-0.3, -0.25) is 14.8 Å². The first-order chi connectivity index (χ1) is 12.3. The molecule has 1 aromatic carbocycles. The maximum atomic E-state index is 12.4. The van der Waals surface area contributed by atoms with E-state index in [0.717, 1.165) is 35.7 Å². The number of hydrogen-bond acceptors (Lipinski definition) is 7. The molecule has 3 aromatic rings. The first-order valence-electron chi connectivity index (χ1n) is 7.39. The van der Waals surface area contributed by atoms with Crippen molar-refractivity contribution in [2.45, 2.75) is 18.7 Å². The number of nitro groups is 1. The average molecular weight is 374 g/mol. The van der Waals surface area contributed by atoms with E-state index in [0.29, 0.717) is 5.82 Å². The lowest BCUT2D eigenvalue weighted by Gasteiger charge is -2.09. The van der Waals surface area contributed by atoms with Crippen molar-refractivity contribution >= 4 is 21.5 Å². The van der Waals surface area contributed by atoms with E-state index in [-0.39, 0.29) is 16.4 Å². The van der Waals surface area contributed by atoms with Gasteiger partial charge in [-0.1, -0.05) is 0 Å². The van der Waals surface area contributed by atoms with Gasteiger partial charge < -0.3 is 0 Å². The Labute approximate surface area is 148 Å². The number of benzene rings is 1. The average Bonchev–Trinajstić information content (AvgIpc) is 2.93. The highest BCUT2D eigenvalue weighted by molar-refractivity contribution is 7.92. The monoisotopic (exact) mass is 374 g/mol. The van der Waals surface area contributed by atoms with E-state index in [4.69, 9.17) is 0 Å². The van der Waals surface area contributed by atoms with Crippen LogP contribution in [0.3, 0.4) is 0 Å². The molecule has 0 fully saturated rings. The molecule has 3 rings (SSSR count). The van der Waals surface area contributed by atoms with Crippen LogP contribution in [-0.2, 0) is 10.0 Å². The van der Waals surface area contributed by atoms with Crippen LogP contribution in [-0.4, -0.2) is 33.1 Å². The van der Waals surface area contributed by atoms with Crippen LogP contribution in [0.5, 0.6) is 0 Å². The number of sulfonamides is 1. The van der Waals surface area contributed by atoms with Crippen LogP contribution in [0, 0.1) is 24.0 Å². The van der Waals surface area contributed by atoms with Gasteiger partial charge in [-0.2, -0.15) is 5.10 Å². The number of non-ortho nitro benzene ring substituents is 1. The fourth-order valence-corrected chi connectivity index (χ4v) is 3.32. The second-order valence-electron chi connectivity index (χ2n) is 5.46. The van der Waals surface area contributed by atoms with E-state index < -0.39 is 14.9 Å². The lowest BCUT2D eigenvalue weighted by Crippen LogP contribution is -2.15. The predicted molar refractivity (Wildman–Crippen MR) is 92.5 cm³/mol. The summed E-state index contributed by atoms with van der Waals surface area (Å²) in [7, 11) is -3.95. The van der Waals surface area contributed by atoms with Gasteiger partial charge in [0.15, 0.2) is 5.82 Å². The molecule has 11 heteroatoms. The van der Waals surface area contributed by atoms with Crippen molar-refractivity contribution in [3.05, 3.63) is 64.2 Å². The number of anilines is 1. The molecule has 2 heterocycles. The third-order valence-corrected chi connectivity index (χ3v) is 4.85. The van der Waals surface area contributed by atoms with Crippen molar-refractivity contribution < 1.29 is 13.3 Å². The summed E-state index contributed by atoms with van der Waals surface area (Å²) in [5.74, 6) is 0.466. The minimum absolute atomic E-state index is 0.0564. The molecule has 0 spiro atoms. The molecule has 0 amide bonds. The summed E-state index contributed by atoms with van der Waals surface area (Å²) in [6.45, 7) is 3.69. The van der Waals surface area contributed by atoms with Gasteiger partial charge in [0.1, 0.15) is 12.1 Å².